The van der Waals surface area contributed by atoms with Crippen LogP contribution in [0.25, 0.3) is 0 Å². The van der Waals surface area contributed by atoms with E-state index in [1.165, 1.54) is 0 Å². The van der Waals surface area contributed by atoms with Crippen molar-refractivity contribution in [3.05, 3.63) is 332 Å². The molecule has 0 saturated carbocycles. The van der Waals surface area contributed by atoms with E-state index in [0.717, 1.165) is 144 Å². The van der Waals surface area contributed by atoms with Gasteiger partial charge < -0.3 is 56.2 Å². The van der Waals surface area contributed by atoms with Gasteiger partial charge in [-0.3, -0.25) is 0 Å². The van der Waals surface area contributed by atoms with Gasteiger partial charge in [0, 0.05) is 160 Å². The molecule has 0 amide bonds. The van der Waals surface area contributed by atoms with Crippen LogP contribution in [0.2, 0.25) is 0 Å². The third kappa shape index (κ3) is 16.0. The number of ether oxygens (including phenoxy) is 8. The highest BCUT2D eigenvalue weighted by Gasteiger charge is 2.45. The molecule has 1 aliphatic carbocycles. The molecule has 0 N–H and O–H groups in total. The molecule has 5 aliphatic rings. The van der Waals surface area contributed by atoms with Crippen LogP contribution in [0.5, 0.6) is 46.0 Å². The van der Waals surface area contributed by atoms with E-state index in [0.29, 0.717) is 136 Å². The van der Waals surface area contributed by atoms with Crippen molar-refractivity contribution in [3.8, 4) is 46.0 Å². The van der Waals surface area contributed by atoms with Crippen LogP contribution in [0.3, 0.4) is 0 Å². The topological polar surface area (TPSA) is 142 Å². The van der Waals surface area contributed by atoms with Gasteiger partial charge in [0.15, 0.2) is 0 Å². The van der Waals surface area contributed by atoms with Crippen LogP contribution in [0.15, 0.2) is 243 Å². The molecule has 0 radical (unpaired) electrons. The lowest BCUT2D eigenvalue weighted by molar-refractivity contribution is 0.0968. The van der Waals surface area contributed by atoms with Crippen LogP contribution in [0.4, 0.5) is 0 Å². The summed E-state index contributed by atoms with van der Waals surface area (Å²) in [5, 5.41) is 5.56. The number of benzene rings is 12. The van der Waals surface area contributed by atoms with Crippen molar-refractivity contribution in [1.29, 1.82) is 0 Å². The maximum absolute atomic E-state index is 17.5. The fourth-order valence-corrected chi connectivity index (χ4v) is 30.2. The van der Waals surface area contributed by atoms with E-state index in [9.17, 15) is 0 Å². The van der Waals surface area contributed by atoms with Crippen molar-refractivity contribution in [2.45, 2.75) is 181 Å². The van der Waals surface area contributed by atoms with Gasteiger partial charge in [0.2, 0.25) is 27.2 Å². The van der Waals surface area contributed by atoms with E-state index in [1.807, 2.05) is 243 Å². The first kappa shape index (κ1) is 82.3. The van der Waals surface area contributed by atoms with E-state index < -0.39 is 28.6 Å². The molecule has 17 rings (SSSR count). The van der Waals surface area contributed by atoms with Gasteiger partial charge >= 0.3 is 0 Å². The lowest BCUT2D eigenvalue weighted by Gasteiger charge is -2.37. The molecule has 4 aliphatic heterocycles. The molecule has 0 spiro atoms. The van der Waals surface area contributed by atoms with Crippen LogP contribution in [0.1, 0.15) is 194 Å². The zero-order valence-electron chi connectivity index (χ0n) is 69.6. The molecule has 8 bridgehead atoms. The summed E-state index contributed by atoms with van der Waals surface area (Å²) in [6, 6.07) is 79.2. The van der Waals surface area contributed by atoms with Gasteiger partial charge in [0.1, 0.15) is 74.6 Å². The number of unbranched alkanes of at least 4 members (excludes halogenated alkanes) is 8. The van der Waals surface area contributed by atoms with Gasteiger partial charge in [-0.1, -0.05) is 322 Å². The second-order valence-corrected chi connectivity index (χ2v) is 44.0. The van der Waals surface area contributed by atoms with E-state index in [1.54, 1.807) is 0 Å². The maximum atomic E-state index is 17.5. The highest BCUT2D eigenvalue weighted by atomic mass is 31.2. The van der Waals surface area contributed by atoms with Crippen molar-refractivity contribution in [2.75, 3.05) is 27.2 Å². The summed E-state index contributed by atoms with van der Waals surface area (Å²) in [4.78, 5) is 0. The minimum absolute atomic E-state index is 0.0133. The third-order valence-electron chi connectivity index (χ3n) is 25.4. The molecule has 0 aromatic heterocycles. The van der Waals surface area contributed by atoms with Crippen LogP contribution >= 0.6 is 28.6 Å². The quantitative estimate of drug-likeness (QED) is 0.0293. The van der Waals surface area contributed by atoms with Crippen LogP contribution < -0.4 is 80.3 Å². The predicted molar refractivity (Wildman–Crippen MR) is 488 cm³/mol. The van der Waals surface area contributed by atoms with Crippen LogP contribution in [-0.2, 0) is 94.3 Å². The largest absolute Gasteiger partial charge is 0.457 e. The van der Waals surface area contributed by atoms with Crippen molar-refractivity contribution in [2.24, 2.45) is 0 Å². The van der Waals surface area contributed by atoms with Gasteiger partial charge in [-0.05, 0) is 73.6 Å². The number of hydrogen-bond donors (Lipinski definition) is 0. The summed E-state index contributed by atoms with van der Waals surface area (Å²) >= 11 is 0. The van der Waals surface area contributed by atoms with Crippen molar-refractivity contribution in [3.63, 3.8) is 0 Å². The lowest BCUT2D eigenvalue weighted by atomic mass is 9.78. The predicted octanol–water partition coefficient (Wildman–Crippen LogP) is 22.3. The standard InChI is InChI=1S/C104H108O12P4/c1-5-9-21-57-81-85-61-87-82(58-22-10-6-2)89-63-91-84(60-24-12-8-4)92-64-90-83(59-23-11-7-3)88-62-86(81)98-93(65-117(105,73-41-25-13-26-42-73)74-43-27-14-28-44-74)97(85)109-69-111-99(87)94(66-118(106,75-45-29-15-30-46-75)76-47-31-16-32-48-76)101(89)113-71-115-103(91)96(68-120(108,79-53-37-19-38-54-79)80-55-39-20-40-56-80)104(92)116-72-114-102(90)95(100(88)112-70-110-98)67-119(107,77-49-33-17-34-50-77)78-51-35-18-36-52-78/h13-20,25-56H,5-12,21-24,57-72H2,1-4H3. The Morgan fingerprint density at radius 3 is 0.475 bits per heavy atom. The summed E-state index contributed by atoms with van der Waals surface area (Å²) in [5.74, 6) is 4.48. The van der Waals surface area contributed by atoms with E-state index in [2.05, 4.69) is 27.7 Å². The van der Waals surface area contributed by atoms with Crippen molar-refractivity contribution in [1.82, 2.24) is 0 Å². The monoisotopic (exact) mass is 1670 g/mol. The van der Waals surface area contributed by atoms with Gasteiger partial charge in [-0.15, -0.1) is 0 Å². The lowest BCUT2D eigenvalue weighted by Crippen LogP contribution is -2.27. The molecule has 0 fully saturated rings. The fraction of sp³-hybridized carbons (Fsp3) is 0.308. The molecular formula is C104H108O12P4. The maximum Gasteiger partial charge on any atom is 0.230 e. The number of rotatable bonds is 32. The normalized spacial score (nSPS) is 13.9. The molecule has 16 heteroatoms. The zero-order chi connectivity index (χ0) is 82.2. The summed E-state index contributed by atoms with van der Waals surface area (Å²) in [6.45, 7) is 7.84. The Balaban J connectivity index is 1.07. The molecular weight excluding hydrogens is 1570 g/mol. The Kier molecular flexibility index (Phi) is 25.2. The smallest absolute Gasteiger partial charge is 0.230 e. The Bertz CT molecular complexity index is 4850. The third-order valence-corrected chi connectivity index (χ3v) is 37.5. The highest BCUT2D eigenvalue weighted by Crippen LogP contribution is 2.62. The summed E-state index contributed by atoms with van der Waals surface area (Å²) in [6.07, 6.45) is 14.6. The molecule has 616 valence electrons. The molecule has 12 aromatic rings. The average Bonchev–Trinajstić information content (AvgIpc) is 0.717. The Morgan fingerprint density at radius 2 is 0.342 bits per heavy atom. The second kappa shape index (κ2) is 36.7. The van der Waals surface area contributed by atoms with Gasteiger partial charge in [0.05, 0.1) is 0 Å². The van der Waals surface area contributed by atoms with Crippen molar-refractivity contribution >= 4 is 71.0 Å². The summed E-state index contributed by atoms with van der Waals surface area (Å²) in [7, 11) is -14.9. The SMILES string of the molecule is CCCCCc1c2c3c(CP(=O)(c4ccccc4)c4ccccc4)c4c1Cc1c(CCCCC)c5c(c(CP(=O)(c6ccccc6)c6ccccc6)c1OCO4)OCOc1c(c(CCCCC)c4c(c1CP(=O)(c1ccccc1)c1ccccc1)OCOc1c(c(CCCCC)c(c(c1CP(=O)(c1ccccc1)c1ccccc1)OCO3)C2)C4)C5. The average molecular weight is 1670 g/mol. The first-order valence-electron chi connectivity index (χ1n) is 43.5. The molecule has 4 heterocycles. The summed E-state index contributed by atoms with van der Waals surface area (Å²) in [5.41, 5.74) is 14.5. The fourth-order valence-electron chi connectivity index (χ4n) is 19.4. The van der Waals surface area contributed by atoms with Crippen LogP contribution in [0, 0.1) is 0 Å². The first-order valence-corrected chi connectivity index (χ1v) is 51.1. The minimum atomic E-state index is -3.71. The van der Waals surface area contributed by atoms with E-state index in [4.69, 9.17) is 37.9 Å². The molecule has 0 unspecified atom stereocenters. The zero-order valence-corrected chi connectivity index (χ0v) is 73.2. The van der Waals surface area contributed by atoms with E-state index in [-0.39, 0.29) is 77.5 Å². The Hall–Kier alpha value is -10.0. The highest BCUT2D eigenvalue weighted by molar-refractivity contribution is 7.79. The first-order chi connectivity index (χ1) is 58.9. The molecule has 0 saturated heterocycles. The van der Waals surface area contributed by atoms with Crippen molar-refractivity contribution < 1.29 is 56.2 Å². The molecule has 0 atom stereocenters. The molecule has 12 nitrogen and oxygen atoms in total. The van der Waals surface area contributed by atoms with Gasteiger partial charge in [-0.2, -0.15) is 0 Å². The molecule has 120 heavy (non-hydrogen) atoms. The van der Waals surface area contributed by atoms with Gasteiger partial charge in [-0.25, -0.2) is 0 Å². The number of hydrogen-bond acceptors (Lipinski definition) is 12. The Labute approximate surface area is 708 Å². The van der Waals surface area contributed by atoms with E-state index >= 15 is 18.3 Å². The summed E-state index contributed by atoms with van der Waals surface area (Å²) < 4.78 is 131. The van der Waals surface area contributed by atoms with Crippen LogP contribution in [-0.4, -0.2) is 27.2 Å². The molecule has 12 aromatic carbocycles. The van der Waals surface area contributed by atoms with Gasteiger partial charge in [0.25, 0.3) is 0 Å². The Morgan fingerprint density at radius 1 is 0.200 bits per heavy atom. The second-order valence-electron chi connectivity index (χ2n) is 32.7. The minimum Gasteiger partial charge on any atom is -0.457 e.